The summed E-state index contributed by atoms with van der Waals surface area (Å²) < 4.78 is 1.10. The van der Waals surface area contributed by atoms with Gasteiger partial charge in [-0.25, -0.2) is 4.98 Å². The molecular weight excluding hydrogens is 320 g/mol. The van der Waals surface area contributed by atoms with E-state index in [0.29, 0.717) is 6.04 Å². The third-order valence-electron chi connectivity index (χ3n) is 2.85. The summed E-state index contributed by atoms with van der Waals surface area (Å²) in [7, 11) is 0. The summed E-state index contributed by atoms with van der Waals surface area (Å²) in [5.74, 6) is 1.08. The molecule has 0 spiro atoms. The number of aromatic nitrogens is 1. The molecule has 1 fully saturated rings. The second kappa shape index (κ2) is 5.30. The molecule has 2 nitrogen and oxygen atoms in total. The first-order valence-corrected chi connectivity index (χ1v) is 7.17. The minimum atomic E-state index is 0.689. The Kier molecular flexibility index (Phi) is 4.03. The Morgan fingerprint density at radius 1 is 1.47 bits per heavy atom. The van der Waals surface area contributed by atoms with Crippen molar-refractivity contribution >= 4 is 37.7 Å². The van der Waals surface area contributed by atoms with E-state index < -0.39 is 0 Å². The van der Waals surface area contributed by atoms with Crippen LogP contribution in [0.1, 0.15) is 19.3 Å². The molecule has 15 heavy (non-hydrogen) atoms. The molecule has 1 aromatic heterocycles. The number of anilines is 1. The zero-order valence-corrected chi connectivity index (χ0v) is 11.7. The third kappa shape index (κ3) is 2.53. The molecule has 2 rings (SSSR count). The summed E-state index contributed by atoms with van der Waals surface area (Å²) in [5, 5.41) is 0.993. The number of hydrogen-bond donors (Lipinski definition) is 0. The number of pyridine rings is 1. The molecule has 0 unspecified atom stereocenters. The van der Waals surface area contributed by atoms with Crippen molar-refractivity contribution in [1.82, 2.24) is 4.98 Å². The highest BCUT2D eigenvalue weighted by atomic mass is 79.9. The number of nitrogens with zero attached hydrogens (tertiary/aromatic N) is 2. The molecule has 0 amide bonds. The van der Waals surface area contributed by atoms with Crippen LogP contribution in [0.3, 0.4) is 0 Å². The van der Waals surface area contributed by atoms with Gasteiger partial charge >= 0.3 is 0 Å². The topological polar surface area (TPSA) is 16.1 Å². The summed E-state index contributed by atoms with van der Waals surface area (Å²) in [6.07, 6.45) is 5.82. The lowest BCUT2D eigenvalue weighted by atomic mass is 9.91. The highest BCUT2D eigenvalue weighted by Gasteiger charge is 2.26. The van der Waals surface area contributed by atoms with Crippen LogP contribution >= 0.6 is 31.9 Å². The van der Waals surface area contributed by atoms with Crippen LogP contribution in [0.25, 0.3) is 0 Å². The first-order valence-electron chi connectivity index (χ1n) is 5.26. The number of hydrogen-bond acceptors (Lipinski definition) is 2. The lowest BCUT2D eigenvalue weighted by Crippen LogP contribution is -2.42. The van der Waals surface area contributed by atoms with Crippen LogP contribution in [0, 0.1) is 0 Å². The Balaban J connectivity index is 2.19. The molecule has 4 heteroatoms. The highest BCUT2D eigenvalue weighted by molar-refractivity contribution is 9.10. The predicted octanol–water partition coefficient (Wildman–Crippen LogP) is 3.60. The Hall–Kier alpha value is -0.0900. The summed E-state index contributed by atoms with van der Waals surface area (Å²) in [6, 6.07) is 4.71. The molecule has 0 bridgehead atoms. The first kappa shape index (κ1) is 11.4. The largest absolute Gasteiger partial charge is 0.352 e. The van der Waals surface area contributed by atoms with Gasteiger partial charge in [0, 0.05) is 24.1 Å². The minimum absolute atomic E-state index is 0.689. The first-order chi connectivity index (χ1) is 7.33. The van der Waals surface area contributed by atoms with Gasteiger partial charge < -0.3 is 4.90 Å². The third-order valence-corrected chi connectivity index (χ3v) is 3.83. The molecule has 82 valence electrons. The van der Waals surface area contributed by atoms with Gasteiger partial charge in [-0.05, 0) is 47.3 Å². The van der Waals surface area contributed by atoms with Gasteiger partial charge in [0.1, 0.15) is 5.82 Å². The number of alkyl halides is 1. The van der Waals surface area contributed by atoms with E-state index in [4.69, 9.17) is 0 Å². The summed E-state index contributed by atoms with van der Waals surface area (Å²) in [4.78, 5) is 6.86. The lowest BCUT2D eigenvalue weighted by molar-refractivity contribution is 0.389. The van der Waals surface area contributed by atoms with Crippen molar-refractivity contribution in [2.45, 2.75) is 25.3 Å². The van der Waals surface area contributed by atoms with E-state index in [0.717, 1.165) is 22.2 Å². The molecule has 0 saturated heterocycles. The average molecular weight is 334 g/mol. The molecule has 0 aliphatic heterocycles. The number of rotatable bonds is 4. The normalized spacial score (nSPS) is 16.1. The molecule has 0 aromatic carbocycles. The minimum Gasteiger partial charge on any atom is -0.352 e. The van der Waals surface area contributed by atoms with Crippen molar-refractivity contribution in [3.63, 3.8) is 0 Å². The van der Waals surface area contributed by atoms with Crippen molar-refractivity contribution in [1.29, 1.82) is 0 Å². The Labute approximate surface area is 107 Å². The molecule has 0 atom stereocenters. The zero-order chi connectivity index (χ0) is 10.7. The Morgan fingerprint density at radius 3 is 2.80 bits per heavy atom. The Morgan fingerprint density at radius 2 is 2.27 bits per heavy atom. The summed E-state index contributed by atoms with van der Waals surface area (Å²) in [5.41, 5.74) is 0. The molecule has 1 aromatic rings. The SMILES string of the molecule is BrCCN(c1ncccc1Br)C1CCC1. The average Bonchev–Trinajstić information content (AvgIpc) is 2.15. The second-order valence-electron chi connectivity index (χ2n) is 3.78. The lowest BCUT2D eigenvalue weighted by Gasteiger charge is -2.38. The van der Waals surface area contributed by atoms with E-state index in [1.165, 1.54) is 19.3 Å². The van der Waals surface area contributed by atoms with Gasteiger partial charge in [0.2, 0.25) is 0 Å². The zero-order valence-electron chi connectivity index (χ0n) is 8.50. The fourth-order valence-electron chi connectivity index (χ4n) is 1.84. The van der Waals surface area contributed by atoms with Crippen LogP contribution in [-0.4, -0.2) is 22.9 Å². The van der Waals surface area contributed by atoms with Gasteiger partial charge in [-0.1, -0.05) is 15.9 Å². The van der Waals surface area contributed by atoms with Crippen LogP contribution in [0.5, 0.6) is 0 Å². The quantitative estimate of drug-likeness (QED) is 0.783. The van der Waals surface area contributed by atoms with Crippen LogP contribution < -0.4 is 4.90 Å². The maximum atomic E-state index is 4.46. The van der Waals surface area contributed by atoms with E-state index in [-0.39, 0.29) is 0 Å². The van der Waals surface area contributed by atoms with Gasteiger partial charge in [-0.15, -0.1) is 0 Å². The molecule has 0 N–H and O–H groups in total. The van der Waals surface area contributed by atoms with Gasteiger partial charge in [0.05, 0.1) is 4.47 Å². The Bertz CT molecular complexity index is 326. The number of halogens is 2. The van der Waals surface area contributed by atoms with E-state index in [1.54, 1.807) is 0 Å². The smallest absolute Gasteiger partial charge is 0.143 e. The molecular formula is C11H14Br2N2. The van der Waals surface area contributed by atoms with Crippen LogP contribution in [0.4, 0.5) is 5.82 Å². The summed E-state index contributed by atoms with van der Waals surface area (Å²) >= 11 is 7.08. The standard InChI is InChI=1S/C11H14Br2N2/c12-6-8-15(9-3-1-4-9)11-10(13)5-2-7-14-11/h2,5,7,9H,1,3-4,6,8H2. The molecule has 0 radical (unpaired) electrons. The fraction of sp³-hybridized carbons (Fsp3) is 0.545. The summed E-state index contributed by atoms with van der Waals surface area (Å²) in [6.45, 7) is 1.03. The maximum Gasteiger partial charge on any atom is 0.143 e. The van der Waals surface area contributed by atoms with Gasteiger partial charge in [-0.2, -0.15) is 0 Å². The van der Waals surface area contributed by atoms with Crippen LogP contribution in [-0.2, 0) is 0 Å². The van der Waals surface area contributed by atoms with E-state index in [2.05, 4.69) is 47.8 Å². The maximum absolute atomic E-state index is 4.46. The molecule has 1 saturated carbocycles. The van der Waals surface area contributed by atoms with Gasteiger partial charge in [0.25, 0.3) is 0 Å². The monoisotopic (exact) mass is 332 g/mol. The van der Waals surface area contributed by atoms with Crippen LogP contribution in [0.15, 0.2) is 22.8 Å². The van der Waals surface area contributed by atoms with Crippen molar-refractivity contribution in [2.75, 3.05) is 16.8 Å². The van der Waals surface area contributed by atoms with E-state index >= 15 is 0 Å². The molecule has 1 aliphatic carbocycles. The molecule has 1 aliphatic rings. The van der Waals surface area contributed by atoms with E-state index in [1.807, 2.05) is 12.3 Å². The van der Waals surface area contributed by atoms with Crippen molar-refractivity contribution in [3.8, 4) is 0 Å². The van der Waals surface area contributed by atoms with Crippen LogP contribution in [0.2, 0.25) is 0 Å². The van der Waals surface area contributed by atoms with Gasteiger partial charge in [0.15, 0.2) is 0 Å². The second-order valence-corrected chi connectivity index (χ2v) is 5.42. The predicted molar refractivity (Wildman–Crippen MR) is 70.7 cm³/mol. The fourth-order valence-corrected chi connectivity index (χ4v) is 2.70. The van der Waals surface area contributed by atoms with Crippen molar-refractivity contribution in [3.05, 3.63) is 22.8 Å². The highest BCUT2D eigenvalue weighted by Crippen LogP contribution is 2.32. The van der Waals surface area contributed by atoms with Crippen molar-refractivity contribution in [2.24, 2.45) is 0 Å². The molecule has 1 heterocycles. The van der Waals surface area contributed by atoms with Crippen molar-refractivity contribution < 1.29 is 0 Å². The van der Waals surface area contributed by atoms with E-state index in [9.17, 15) is 0 Å². The van der Waals surface area contributed by atoms with Gasteiger partial charge in [-0.3, -0.25) is 0 Å².